The number of pyridine rings is 1. The second-order valence-corrected chi connectivity index (χ2v) is 2.60. The molecule has 0 aromatic carbocycles. The SMILES string of the molecule is O=C1C[n+]2ccccc2CN1.[Cl-]. The number of nitrogens with one attached hydrogen (secondary N) is 1. The third-order valence-corrected chi connectivity index (χ3v) is 1.82. The van der Waals surface area contributed by atoms with E-state index in [-0.39, 0.29) is 18.3 Å². The Morgan fingerprint density at radius 3 is 3.08 bits per heavy atom. The van der Waals surface area contributed by atoms with E-state index in [1.807, 2.05) is 29.0 Å². The van der Waals surface area contributed by atoms with Crippen LogP contribution in [0, 0.1) is 0 Å². The van der Waals surface area contributed by atoms with Gasteiger partial charge in [-0.1, -0.05) is 6.07 Å². The zero-order valence-electron chi connectivity index (χ0n) is 6.46. The van der Waals surface area contributed by atoms with Gasteiger partial charge in [-0.05, 0) is 0 Å². The van der Waals surface area contributed by atoms with Crippen molar-refractivity contribution < 1.29 is 21.8 Å². The molecule has 0 radical (unpaired) electrons. The molecular weight excluding hydrogens is 176 g/mol. The van der Waals surface area contributed by atoms with Crippen LogP contribution >= 0.6 is 0 Å². The van der Waals surface area contributed by atoms with Gasteiger partial charge in [0, 0.05) is 12.1 Å². The molecule has 1 aromatic rings. The average molecular weight is 185 g/mol. The van der Waals surface area contributed by atoms with E-state index in [1.165, 1.54) is 0 Å². The summed E-state index contributed by atoms with van der Waals surface area (Å²) in [4.78, 5) is 10.9. The van der Waals surface area contributed by atoms with E-state index in [0.717, 1.165) is 5.69 Å². The van der Waals surface area contributed by atoms with Gasteiger partial charge in [0.2, 0.25) is 12.2 Å². The Labute approximate surface area is 76.8 Å². The monoisotopic (exact) mass is 184 g/mol. The second-order valence-electron chi connectivity index (χ2n) is 2.60. The summed E-state index contributed by atoms with van der Waals surface area (Å²) in [6.07, 6.45) is 1.92. The molecule has 1 aliphatic heterocycles. The van der Waals surface area contributed by atoms with E-state index in [9.17, 15) is 4.79 Å². The molecule has 3 nitrogen and oxygen atoms in total. The molecule has 4 heteroatoms. The predicted octanol–water partition coefficient (Wildman–Crippen LogP) is -3.39. The summed E-state index contributed by atoms with van der Waals surface area (Å²) in [6.45, 7) is 1.11. The van der Waals surface area contributed by atoms with Crippen LogP contribution in [0.2, 0.25) is 0 Å². The van der Waals surface area contributed by atoms with Crippen LogP contribution in [0.1, 0.15) is 5.69 Å². The van der Waals surface area contributed by atoms with Gasteiger partial charge in [0.05, 0.1) is 0 Å². The van der Waals surface area contributed by atoms with Crippen LogP contribution in [0.25, 0.3) is 0 Å². The maximum atomic E-state index is 10.9. The van der Waals surface area contributed by atoms with Crippen molar-refractivity contribution in [3.05, 3.63) is 30.1 Å². The molecule has 0 unspecified atom stereocenters. The summed E-state index contributed by atoms with van der Waals surface area (Å²) in [7, 11) is 0. The fourth-order valence-electron chi connectivity index (χ4n) is 1.23. The molecule has 1 amide bonds. The highest BCUT2D eigenvalue weighted by Crippen LogP contribution is 1.94. The van der Waals surface area contributed by atoms with Crippen molar-refractivity contribution in [3.63, 3.8) is 0 Å². The predicted molar refractivity (Wildman–Crippen MR) is 38.5 cm³/mol. The number of fused-ring (bicyclic) bond motifs is 1. The van der Waals surface area contributed by atoms with Gasteiger partial charge in [0.25, 0.3) is 5.91 Å². The maximum Gasteiger partial charge on any atom is 0.286 e. The molecule has 1 N–H and O–H groups in total. The molecule has 0 bridgehead atoms. The van der Waals surface area contributed by atoms with Crippen molar-refractivity contribution in [3.8, 4) is 0 Å². The topological polar surface area (TPSA) is 33.0 Å². The number of carbonyl (C=O) groups excluding carboxylic acids is 1. The molecule has 1 aliphatic rings. The van der Waals surface area contributed by atoms with Crippen LogP contribution in [0.4, 0.5) is 0 Å². The largest absolute Gasteiger partial charge is 1.00 e. The van der Waals surface area contributed by atoms with Gasteiger partial charge in [-0.3, -0.25) is 4.79 Å². The smallest absolute Gasteiger partial charge is 0.286 e. The molecule has 0 aliphatic carbocycles. The maximum absolute atomic E-state index is 10.9. The highest BCUT2D eigenvalue weighted by atomic mass is 35.5. The number of rotatable bonds is 0. The third-order valence-electron chi connectivity index (χ3n) is 1.82. The third kappa shape index (κ3) is 1.56. The molecule has 2 rings (SSSR count). The van der Waals surface area contributed by atoms with Crippen LogP contribution in [-0.2, 0) is 17.9 Å². The fraction of sp³-hybridized carbons (Fsp3) is 0.250. The van der Waals surface area contributed by atoms with Gasteiger partial charge in [0.1, 0.15) is 6.54 Å². The van der Waals surface area contributed by atoms with Gasteiger partial charge in [-0.2, -0.15) is 4.57 Å². The van der Waals surface area contributed by atoms with E-state index in [1.54, 1.807) is 0 Å². The number of hydrogen-bond donors (Lipinski definition) is 1. The van der Waals surface area contributed by atoms with Crippen LogP contribution in [0.5, 0.6) is 0 Å². The van der Waals surface area contributed by atoms with Gasteiger partial charge >= 0.3 is 0 Å². The summed E-state index contributed by atoms with van der Waals surface area (Å²) >= 11 is 0. The summed E-state index contributed by atoms with van der Waals surface area (Å²) in [5.74, 6) is 0.0914. The van der Waals surface area contributed by atoms with Crippen molar-refractivity contribution in [2.45, 2.75) is 13.1 Å². The van der Waals surface area contributed by atoms with Gasteiger partial charge in [0.15, 0.2) is 6.20 Å². The number of aromatic nitrogens is 1. The first kappa shape index (κ1) is 9.00. The Morgan fingerprint density at radius 2 is 2.25 bits per heavy atom. The lowest BCUT2D eigenvalue weighted by Gasteiger charge is -2.09. The number of amides is 1. The van der Waals surface area contributed by atoms with E-state index < -0.39 is 0 Å². The summed E-state index contributed by atoms with van der Waals surface area (Å²) < 4.78 is 1.96. The van der Waals surface area contributed by atoms with Crippen molar-refractivity contribution in [2.24, 2.45) is 0 Å². The number of halogens is 1. The first-order valence-corrected chi connectivity index (χ1v) is 3.60. The molecule has 12 heavy (non-hydrogen) atoms. The number of nitrogens with zero attached hydrogens (tertiary/aromatic N) is 1. The second kappa shape index (κ2) is 3.54. The first-order chi connectivity index (χ1) is 5.36. The average Bonchev–Trinajstić information content (AvgIpc) is 2.04. The number of hydrogen-bond acceptors (Lipinski definition) is 1. The Bertz CT molecular complexity index is 301. The Hall–Kier alpha value is -1.09. The molecule has 0 atom stereocenters. The fourth-order valence-corrected chi connectivity index (χ4v) is 1.23. The summed E-state index contributed by atoms with van der Waals surface area (Å²) in [6, 6.07) is 5.92. The molecule has 0 saturated heterocycles. The molecule has 0 saturated carbocycles. The van der Waals surface area contributed by atoms with E-state index >= 15 is 0 Å². The summed E-state index contributed by atoms with van der Waals surface area (Å²) in [5, 5.41) is 2.78. The van der Waals surface area contributed by atoms with E-state index in [2.05, 4.69) is 5.32 Å². The Balaban J connectivity index is 0.000000720. The lowest BCUT2D eigenvalue weighted by Crippen LogP contribution is -3.00. The van der Waals surface area contributed by atoms with Crippen molar-refractivity contribution in [1.29, 1.82) is 0 Å². The lowest BCUT2D eigenvalue weighted by molar-refractivity contribution is -0.695. The van der Waals surface area contributed by atoms with Gasteiger partial charge < -0.3 is 17.7 Å². The molecule has 2 heterocycles. The molecule has 64 valence electrons. The van der Waals surface area contributed by atoms with Crippen molar-refractivity contribution >= 4 is 5.91 Å². The van der Waals surface area contributed by atoms with Crippen LogP contribution in [-0.4, -0.2) is 5.91 Å². The molecular formula is C8H9ClN2O. The quantitative estimate of drug-likeness (QED) is 0.419. The highest BCUT2D eigenvalue weighted by Gasteiger charge is 2.19. The standard InChI is InChI=1S/C8H8N2O.ClH/c11-8-6-10-4-2-1-3-7(10)5-9-8;/h1-4H,5-6H2;1H. The minimum Gasteiger partial charge on any atom is -1.00 e. The van der Waals surface area contributed by atoms with Gasteiger partial charge in [-0.25, -0.2) is 0 Å². The van der Waals surface area contributed by atoms with Crippen molar-refractivity contribution in [2.75, 3.05) is 0 Å². The molecule has 0 spiro atoms. The zero-order chi connectivity index (χ0) is 7.68. The Morgan fingerprint density at radius 1 is 1.42 bits per heavy atom. The molecule has 0 fully saturated rings. The first-order valence-electron chi connectivity index (χ1n) is 3.60. The highest BCUT2D eigenvalue weighted by molar-refractivity contribution is 5.74. The van der Waals surface area contributed by atoms with Gasteiger partial charge in [-0.15, -0.1) is 0 Å². The molecule has 1 aromatic heterocycles. The lowest BCUT2D eigenvalue weighted by atomic mass is 10.3. The van der Waals surface area contributed by atoms with Crippen LogP contribution in [0.15, 0.2) is 24.4 Å². The summed E-state index contributed by atoms with van der Waals surface area (Å²) in [5.41, 5.74) is 1.16. The normalized spacial score (nSPS) is 14.2. The minimum atomic E-state index is 0. The van der Waals surface area contributed by atoms with Crippen LogP contribution in [0.3, 0.4) is 0 Å². The van der Waals surface area contributed by atoms with Crippen LogP contribution < -0.4 is 22.3 Å². The Kier molecular flexibility index (Phi) is 2.65. The van der Waals surface area contributed by atoms with Crippen molar-refractivity contribution in [1.82, 2.24) is 5.32 Å². The minimum absolute atomic E-state index is 0. The van der Waals surface area contributed by atoms with E-state index in [4.69, 9.17) is 0 Å². The zero-order valence-corrected chi connectivity index (χ0v) is 7.21. The number of carbonyl (C=O) groups is 1. The van der Waals surface area contributed by atoms with E-state index in [0.29, 0.717) is 13.1 Å².